The molecule has 0 aliphatic carbocycles. The molecule has 0 spiro atoms. The van der Waals surface area contributed by atoms with Crippen molar-refractivity contribution in [2.24, 2.45) is 17.6 Å². The largest absolute Gasteiger partial charge is 0.330 e. The Balaban J connectivity index is 1.80. The molecule has 0 bridgehead atoms. The van der Waals surface area contributed by atoms with E-state index >= 15 is 0 Å². The Morgan fingerprint density at radius 1 is 1.15 bits per heavy atom. The van der Waals surface area contributed by atoms with Crippen molar-refractivity contribution in [2.45, 2.75) is 19.9 Å². The Labute approximate surface area is 121 Å². The lowest BCUT2D eigenvalue weighted by Gasteiger charge is -2.36. The van der Waals surface area contributed by atoms with E-state index in [1.807, 2.05) is 0 Å². The van der Waals surface area contributed by atoms with Gasteiger partial charge in [0.05, 0.1) is 0 Å². The molecule has 3 rings (SSSR count). The van der Waals surface area contributed by atoms with Crippen LogP contribution in [0.2, 0.25) is 0 Å². The summed E-state index contributed by atoms with van der Waals surface area (Å²) in [7, 11) is 0. The molecular formula is C18H24N2. The third-order valence-corrected chi connectivity index (χ3v) is 4.77. The van der Waals surface area contributed by atoms with Gasteiger partial charge in [0.15, 0.2) is 0 Å². The molecule has 2 unspecified atom stereocenters. The van der Waals surface area contributed by atoms with Crippen molar-refractivity contribution < 1.29 is 0 Å². The molecule has 1 heterocycles. The summed E-state index contributed by atoms with van der Waals surface area (Å²) in [5.74, 6) is 1.42. The maximum atomic E-state index is 5.91. The Hall–Kier alpha value is -1.38. The van der Waals surface area contributed by atoms with E-state index in [1.165, 1.54) is 29.3 Å². The van der Waals surface area contributed by atoms with E-state index in [2.05, 4.69) is 54.3 Å². The highest BCUT2D eigenvalue weighted by atomic mass is 15.1. The molecule has 0 aromatic heterocycles. The number of fused-ring (bicyclic) bond motifs is 1. The first-order valence-electron chi connectivity index (χ1n) is 7.67. The molecule has 106 valence electrons. The first-order chi connectivity index (χ1) is 9.78. The fourth-order valence-corrected chi connectivity index (χ4v) is 3.35. The van der Waals surface area contributed by atoms with E-state index in [1.54, 1.807) is 0 Å². The van der Waals surface area contributed by atoms with E-state index in [0.717, 1.165) is 25.6 Å². The minimum atomic E-state index is 0.652. The van der Waals surface area contributed by atoms with E-state index in [9.17, 15) is 0 Å². The third-order valence-electron chi connectivity index (χ3n) is 4.77. The minimum absolute atomic E-state index is 0.652. The second kappa shape index (κ2) is 5.94. The lowest BCUT2D eigenvalue weighted by molar-refractivity contribution is 0.126. The number of rotatable bonds is 3. The van der Waals surface area contributed by atoms with Gasteiger partial charge < -0.3 is 5.73 Å². The molecule has 2 aromatic rings. The van der Waals surface area contributed by atoms with Crippen LogP contribution in [0.5, 0.6) is 0 Å². The van der Waals surface area contributed by atoms with Gasteiger partial charge in [0.25, 0.3) is 0 Å². The van der Waals surface area contributed by atoms with Crippen molar-refractivity contribution in [3.05, 3.63) is 48.0 Å². The number of nitrogens with two attached hydrogens (primary N) is 1. The van der Waals surface area contributed by atoms with E-state index in [-0.39, 0.29) is 0 Å². The van der Waals surface area contributed by atoms with Gasteiger partial charge in [-0.25, -0.2) is 0 Å². The molecule has 2 nitrogen and oxygen atoms in total. The summed E-state index contributed by atoms with van der Waals surface area (Å²) in [6.45, 7) is 6.53. The third kappa shape index (κ3) is 2.72. The van der Waals surface area contributed by atoms with Crippen molar-refractivity contribution >= 4 is 10.8 Å². The molecule has 1 saturated heterocycles. The molecule has 2 N–H and O–H groups in total. The van der Waals surface area contributed by atoms with Crippen LogP contribution in [0.4, 0.5) is 0 Å². The Bertz CT molecular complexity index is 573. The van der Waals surface area contributed by atoms with E-state index in [4.69, 9.17) is 5.73 Å². The zero-order chi connectivity index (χ0) is 13.9. The molecule has 2 aromatic carbocycles. The molecule has 0 radical (unpaired) electrons. The van der Waals surface area contributed by atoms with Crippen LogP contribution in [-0.4, -0.2) is 24.5 Å². The first-order valence-corrected chi connectivity index (χ1v) is 7.67. The number of hydrogen-bond donors (Lipinski definition) is 1. The Kier molecular flexibility index (Phi) is 4.04. The number of nitrogens with zero attached hydrogens (tertiary/aromatic N) is 1. The van der Waals surface area contributed by atoms with Crippen LogP contribution in [0.3, 0.4) is 0 Å². The van der Waals surface area contributed by atoms with Gasteiger partial charge >= 0.3 is 0 Å². The monoisotopic (exact) mass is 268 g/mol. The van der Waals surface area contributed by atoms with Crippen LogP contribution in [0.1, 0.15) is 18.9 Å². The van der Waals surface area contributed by atoms with E-state index in [0.29, 0.717) is 5.92 Å². The van der Waals surface area contributed by atoms with Gasteiger partial charge in [-0.15, -0.1) is 0 Å². The van der Waals surface area contributed by atoms with Gasteiger partial charge in [0.2, 0.25) is 0 Å². The van der Waals surface area contributed by atoms with Crippen LogP contribution in [0.15, 0.2) is 42.5 Å². The van der Waals surface area contributed by atoms with Gasteiger partial charge in [0, 0.05) is 13.1 Å². The lowest BCUT2D eigenvalue weighted by atomic mass is 9.87. The zero-order valence-electron chi connectivity index (χ0n) is 12.3. The zero-order valence-corrected chi connectivity index (χ0v) is 12.3. The maximum absolute atomic E-state index is 5.91. The van der Waals surface area contributed by atoms with Crippen LogP contribution in [-0.2, 0) is 6.54 Å². The predicted octanol–water partition coefficient (Wildman–Crippen LogP) is 3.26. The molecule has 1 aliphatic heterocycles. The summed E-state index contributed by atoms with van der Waals surface area (Å²) in [5, 5.41) is 2.73. The fourth-order valence-electron chi connectivity index (χ4n) is 3.35. The van der Waals surface area contributed by atoms with Gasteiger partial charge in [-0.1, -0.05) is 49.4 Å². The number of hydrogen-bond acceptors (Lipinski definition) is 2. The molecule has 2 atom stereocenters. The molecule has 1 aliphatic rings. The molecule has 0 amide bonds. The van der Waals surface area contributed by atoms with Crippen molar-refractivity contribution in [3.8, 4) is 0 Å². The molecule has 0 saturated carbocycles. The van der Waals surface area contributed by atoms with Gasteiger partial charge in [-0.3, -0.25) is 4.90 Å². The van der Waals surface area contributed by atoms with Gasteiger partial charge in [0.1, 0.15) is 0 Å². The second-order valence-electron chi connectivity index (χ2n) is 6.14. The maximum Gasteiger partial charge on any atom is 0.0240 e. The topological polar surface area (TPSA) is 29.3 Å². The summed E-state index contributed by atoms with van der Waals surface area (Å²) >= 11 is 0. The summed E-state index contributed by atoms with van der Waals surface area (Å²) in [4.78, 5) is 2.57. The normalized spacial score (nSPS) is 24.1. The molecule has 2 heteroatoms. The number of likely N-dealkylation sites (tertiary alicyclic amines) is 1. The summed E-state index contributed by atoms with van der Waals surface area (Å²) in [6, 6.07) is 15.3. The standard InChI is InChI=1S/C18H24N2/c1-14-9-10-20(13-17(14)11-19)12-16-7-4-6-15-5-2-3-8-18(15)16/h2-8,14,17H,9-13,19H2,1H3. The summed E-state index contributed by atoms with van der Waals surface area (Å²) in [6.07, 6.45) is 1.27. The van der Waals surface area contributed by atoms with Crippen molar-refractivity contribution in [2.75, 3.05) is 19.6 Å². The fraction of sp³-hybridized carbons (Fsp3) is 0.444. The average Bonchev–Trinajstić information content (AvgIpc) is 2.49. The molecule has 1 fully saturated rings. The summed E-state index contributed by atoms with van der Waals surface area (Å²) in [5.41, 5.74) is 7.35. The highest BCUT2D eigenvalue weighted by Gasteiger charge is 2.25. The Morgan fingerprint density at radius 2 is 1.95 bits per heavy atom. The van der Waals surface area contributed by atoms with Crippen LogP contribution >= 0.6 is 0 Å². The summed E-state index contributed by atoms with van der Waals surface area (Å²) < 4.78 is 0. The van der Waals surface area contributed by atoms with E-state index < -0.39 is 0 Å². The van der Waals surface area contributed by atoms with Crippen molar-refractivity contribution in [1.82, 2.24) is 4.90 Å². The Morgan fingerprint density at radius 3 is 2.80 bits per heavy atom. The van der Waals surface area contributed by atoms with Gasteiger partial charge in [-0.05, 0) is 47.7 Å². The smallest absolute Gasteiger partial charge is 0.0240 e. The number of piperidine rings is 1. The molecular weight excluding hydrogens is 244 g/mol. The highest BCUT2D eigenvalue weighted by Crippen LogP contribution is 2.25. The molecule has 20 heavy (non-hydrogen) atoms. The second-order valence-corrected chi connectivity index (χ2v) is 6.14. The number of benzene rings is 2. The van der Waals surface area contributed by atoms with Crippen LogP contribution < -0.4 is 5.73 Å². The lowest BCUT2D eigenvalue weighted by Crippen LogP contribution is -2.42. The average molecular weight is 268 g/mol. The van der Waals surface area contributed by atoms with Gasteiger partial charge in [-0.2, -0.15) is 0 Å². The predicted molar refractivity (Wildman–Crippen MR) is 85.6 cm³/mol. The van der Waals surface area contributed by atoms with Crippen molar-refractivity contribution in [1.29, 1.82) is 0 Å². The van der Waals surface area contributed by atoms with Crippen LogP contribution in [0.25, 0.3) is 10.8 Å². The minimum Gasteiger partial charge on any atom is -0.330 e. The quantitative estimate of drug-likeness (QED) is 0.926. The van der Waals surface area contributed by atoms with Crippen molar-refractivity contribution in [3.63, 3.8) is 0 Å². The van der Waals surface area contributed by atoms with Crippen LogP contribution in [0, 0.1) is 11.8 Å². The SMILES string of the molecule is CC1CCN(Cc2cccc3ccccc23)CC1CN. The first kappa shape index (κ1) is 13.6. The highest BCUT2D eigenvalue weighted by molar-refractivity contribution is 5.85.